The minimum Gasteiger partial charge on any atom is -0.443 e. The molecule has 0 aromatic heterocycles. The number of carbonyl (C=O) groups excluding carboxylic acids is 5. The van der Waals surface area contributed by atoms with Gasteiger partial charge in [-0.25, -0.2) is 4.90 Å². The first-order chi connectivity index (χ1) is 13.2. The first-order valence-corrected chi connectivity index (χ1v) is 8.97. The van der Waals surface area contributed by atoms with E-state index in [1.54, 1.807) is 26.0 Å². The highest BCUT2D eigenvalue weighted by molar-refractivity contribution is 6.23. The van der Waals surface area contributed by atoms with Gasteiger partial charge in [0.2, 0.25) is 5.91 Å². The molecule has 0 radical (unpaired) electrons. The van der Waals surface area contributed by atoms with E-state index in [1.807, 2.05) is 0 Å². The number of rotatable bonds is 5. The smallest absolute Gasteiger partial charge is 0.324 e. The normalized spacial score (nSPS) is 20.6. The molecule has 2 N–H and O–H groups in total. The number of nitrogens with two attached hydrogens (primary N) is 1. The van der Waals surface area contributed by atoms with E-state index in [4.69, 9.17) is 10.5 Å². The number of nitrogens with zero attached hydrogens (tertiary/aromatic N) is 2. The van der Waals surface area contributed by atoms with Gasteiger partial charge in [0.15, 0.2) is 6.73 Å². The Balaban J connectivity index is 1.76. The van der Waals surface area contributed by atoms with Crippen molar-refractivity contribution < 1.29 is 28.7 Å². The van der Waals surface area contributed by atoms with E-state index in [1.165, 1.54) is 12.1 Å². The Bertz CT molecular complexity index is 830. The van der Waals surface area contributed by atoms with Crippen molar-refractivity contribution in [1.29, 1.82) is 0 Å². The minimum atomic E-state index is -1.12. The number of benzene rings is 1. The topological polar surface area (TPSA) is 127 Å². The summed E-state index contributed by atoms with van der Waals surface area (Å²) < 4.78 is 5.00. The lowest BCUT2D eigenvalue weighted by Crippen LogP contribution is -2.56. The second kappa shape index (κ2) is 7.51. The molecule has 2 aliphatic rings. The van der Waals surface area contributed by atoms with Gasteiger partial charge in [0.1, 0.15) is 12.1 Å². The van der Waals surface area contributed by atoms with Gasteiger partial charge < -0.3 is 10.5 Å². The summed E-state index contributed by atoms with van der Waals surface area (Å²) in [6.45, 7) is 2.87. The van der Waals surface area contributed by atoms with Gasteiger partial charge >= 0.3 is 5.97 Å². The predicted octanol–water partition coefficient (Wildman–Crippen LogP) is 0.284. The molecular weight excluding hydrogens is 366 g/mol. The van der Waals surface area contributed by atoms with Crippen LogP contribution in [-0.4, -0.2) is 58.2 Å². The maximum absolute atomic E-state index is 12.8. The van der Waals surface area contributed by atoms with E-state index in [-0.39, 0.29) is 29.9 Å². The number of hydrogen-bond donors (Lipinski definition) is 1. The van der Waals surface area contributed by atoms with E-state index >= 15 is 0 Å². The van der Waals surface area contributed by atoms with Crippen molar-refractivity contribution >= 4 is 29.6 Å². The van der Waals surface area contributed by atoms with Crippen LogP contribution in [0.2, 0.25) is 0 Å². The molecule has 4 amide bonds. The number of ether oxygens (including phenoxy) is 1. The van der Waals surface area contributed by atoms with Gasteiger partial charge in [-0.1, -0.05) is 26.0 Å². The van der Waals surface area contributed by atoms with Gasteiger partial charge in [0.25, 0.3) is 17.7 Å². The highest BCUT2D eigenvalue weighted by Gasteiger charge is 2.47. The standard InChI is InChI=1S/C19H21N3O6/c1-10(2)15(20)19(27)28-9-21-14(23)8-7-13(18(21)26)22-16(24)11-5-3-4-6-12(11)17(22)25/h3-6,10,13,15H,7-9,20H2,1-2H3/t13-,15?/m0/s1. The van der Waals surface area contributed by atoms with Crippen molar-refractivity contribution in [2.24, 2.45) is 11.7 Å². The van der Waals surface area contributed by atoms with E-state index in [0.717, 1.165) is 9.80 Å². The van der Waals surface area contributed by atoms with Gasteiger partial charge in [0.05, 0.1) is 11.1 Å². The largest absolute Gasteiger partial charge is 0.443 e. The molecule has 2 aliphatic heterocycles. The van der Waals surface area contributed by atoms with Crippen LogP contribution >= 0.6 is 0 Å². The monoisotopic (exact) mass is 387 g/mol. The Hall–Kier alpha value is -3.07. The Morgan fingerprint density at radius 1 is 1.14 bits per heavy atom. The minimum absolute atomic E-state index is 0.0269. The van der Waals surface area contributed by atoms with Crippen molar-refractivity contribution in [3.05, 3.63) is 35.4 Å². The molecule has 3 rings (SSSR count). The average molecular weight is 387 g/mol. The maximum Gasteiger partial charge on any atom is 0.324 e. The molecule has 1 fully saturated rings. The number of esters is 1. The fraction of sp³-hybridized carbons (Fsp3) is 0.421. The summed E-state index contributed by atoms with van der Waals surface area (Å²) in [7, 11) is 0. The fourth-order valence-corrected chi connectivity index (χ4v) is 3.18. The molecular formula is C19H21N3O6. The summed E-state index contributed by atoms with van der Waals surface area (Å²) in [5.41, 5.74) is 6.14. The Labute approximate surface area is 161 Å². The van der Waals surface area contributed by atoms with Crippen molar-refractivity contribution in [3.8, 4) is 0 Å². The Morgan fingerprint density at radius 2 is 1.71 bits per heavy atom. The van der Waals surface area contributed by atoms with E-state index in [9.17, 15) is 24.0 Å². The van der Waals surface area contributed by atoms with Crippen LogP contribution in [0.4, 0.5) is 0 Å². The van der Waals surface area contributed by atoms with E-state index < -0.39 is 48.4 Å². The fourth-order valence-electron chi connectivity index (χ4n) is 3.18. The van der Waals surface area contributed by atoms with E-state index in [0.29, 0.717) is 0 Å². The third-order valence-electron chi connectivity index (χ3n) is 4.95. The summed E-state index contributed by atoms with van der Waals surface area (Å²) in [5, 5.41) is 0. The third-order valence-corrected chi connectivity index (χ3v) is 4.95. The molecule has 1 saturated heterocycles. The number of amides is 4. The predicted molar refractivity (Wildman–Crippen MR) is 95.6 cm³/mol. The van der Waals surface area contributed by atoms with Crippen LogP contribution in [0.15, 0.2) is 24.3 Å². The average Bonchev–Trinajstić information content (AvgIpc) is 2.92. The van der Waals surface area contributed by atoms with Crippen LogP contribution < -0.4 is 5.73 Å². The molecule has 1 aromatic rings. The van der Waals surface area contributed by atoms with Crippen molar-refractivity contribution in [3.63, 3.8) is 0 Å². The summed E-state index contributed by atoms with van der Waals surface area (Å²) in [4.78, 5) is 63.8. The number of carbonyl (C=O) groups is 5. The van der Waals surface area contributed by atoms with Gasteiger partial charge in [0, 0.05) is 6.42 Å². The molecule has 9 nitrogen and oxygen atoms in total. The third kappa shape index (κ3) is 3.29. The zero-order valence-electron chi connectivity index (χ0n) is 15.6. The molecule has 28 heavy (non-hydrogen) atoms. The van der Waals surface area contributed by atoms with Crippen LogP contribution in [0.25, 0.3) is 0 Å². The molecule has 0 bridgehead atoms. The first kappa shape index (κ1) is 19.7. The van der Waals surface area contributed by atoms with Crippen molar-refractivity contribution in [2.75, 3.05) is 6.73 Å². The summed E-state index contributed by atoms with van der Waals surface area (Å²) in [5.74, 6) is -3.36. The van der Waals surface area contributed by atoms with Crippen LogP contribution in [0.1, 0.15) is 47.4 Å². The Morgan fingerprint density at radius 3 is 2.25 bits per heavy atom. The lowest BCUT2D eigenvalue weighted by molar-refractivity contribution is -0.164. The highest BCUT2D eigenvalue weighted by atomic mass is 16.5. The van der Waals surface area contributed by atoms with Crippen molar-refractivity contribution in [2.45, 2.75) is 38.8 Å². The quantitative estimate of drug-likeness (QED) is 0.568. The first-order valence-electron chi connectivity index (χ1n) is 8.97. The summed E-state index contributed by atoms with van der Waals surface area (Å²) >= 11 is 0. The van der Waals surface area contributed by atoms with Crippen LogP contribution in [-0.2, 0) is 19.1 Å². The SMILES string of the molecule is CC(C)C(N)C(=O)OCN1C(=O)CC[C@H](N2C(=O)c3ccccc3C2=O)C1=O. The molecule has 0 aliphatic carbocycles. The molecule has 0 spiro atoms. The number of likely N-dealkylation sites (tertiary alicyclic amines) is 1. The maximum atomic E-state index is 12.8. The molecule has 148 valence electrons. The molecule has 1 aromatic carbocycles. The molecule has 0 saturated carbocycles. The highest BCUT2D eigenvalue weighted by Crippen LogP contribution is 2.29. The van der Waals surface area contributed by atoms with Crippen LogP contribution in [0.5, 0.6) is 0 Å². The lowest BCUT2D eigenvalue weighted by Gasteiger charge is -2.34. The molecule has 1 unspecified atom stereocenters. The number of imide groups is 2. The van der Waals surface area contributed by atoms with Gasteiger partial charge in [-0.2, -0.15) is 0 Å². The van der Waals surface area contributed by atoms with Crippen LogP contribution in [0, 0.1) is 5.92 Å². The van der Waals surface area contributed by atoms with Crippen LogP contribution in [0.3, 0.4) is 0 Å². The van der Waals surface area contributed by atoms with E-state index in [2.05, 4.69) is 0 Å². The van der Waals surface area contributed by atoms with Gasteiger partial charge in [-0.05, 0) is 24.5 Å². The van der Waals surface area contributed by atoms with Gasteiger partial charge in [-0.15, -0.1) is 0 Å². The second-order valence-corrected chi connectivity index (χ2v) is 7.10. The zero-order valence-corrected chi connectivity index (χ0v) is 15.6. The van der Waals surface area contributed by atoms with Gasteiger partial charge in [-0.3, -0.25) is 28.9 Å². The Kier molecular flexibility index (Phi) is 5.28. The molecule has 2 heterocycles. The summed E-state index contributed by atoms with van der Waals surface area (Å²) in [6, 6.07) is 4.28. The zero-order chi connectivity index (χ0) is 20.6. The molecule has 2 atom stereocenters. The molecule has 9 heteroatoms. The summed E-state index contributed by atoms with van der Waals surface area (Å²) in [6.07, 6.45) is -0.0311. The lowest BCUT2D eigenvalue weighted by atomic mass is 10.0. The van der Waals surface area contributed by atoms with Crippen molar-refractivity contribution in [1.82, 2.24) is 9.80 Å². The number of piperidine rings is 1. The number of fused-ring (bicyclic) bond motifs is 1. The second-order valence-electron chi connectivity index (χ2n) is 7.10. The number of hydrogen-bond acceptors (Lipinski definition) is 7.